The van der Waals surface area contributed by atoms with Crippen molar-refractivity contribution in [2.24, 2.45) is 0 Å². The largest absolute Gasteiger partial charge is 0.493 e. The lowest BCUT2D eigenvalue weighted by Gasteiger charge is -2.15. The molecule has 1 saturated heterocycles. The summed E-state index contributed by atoms with van der Waals surface area (Å²) in [6.45, 7) is 2.63. The maximum absolute atomic E-state index is 12.8. The van der Waals surface area contributed by atoms with Crippen LogP contribution in [0.2, 0.25) is 0 Å². The van der Waals surface area contributed by atoms with Gasteiger partial charge in [-0.05, 0) is 48.4 Å². The van der Waals surface area contributed by atoms with Gasteiger partial charge in [-0.3, -0.25) is 0 Å². The molecule has 1 aliphatic heterocycles. The van der Waals surface area contributed by atoms with Gasteiger partial charge in [0.2, 0.25) is 0 Å². The molecule has 158 valence electrons. The van der Waals surface area contributed by atoms with Crippen molar-refractivity contribution < 1.29 is 26.8 Å². The summed E-state index contributed by atoms with van der Waals surface area (Å²) in [4.78, 5) is 0.0575. The maximum Gasteiger partial charge on any atom is 0.339 e. The predicted octanol–water partition coefficient (Wildman–Crippen LogP) is 4.28. The summed E-state index contributed by atoms with van der Waals surface area (Å²) in [7, 11) is -0.916. The van der Waals surface area contributed by atoms with Crippen molar-refractivity contribution in [2.45, 2.75) is 16.4 Å². The molecule has 9 heteroatoms. The molecule has 0 saturated carbocycles. The summed E-state index contributed by atoms with van der Waals surface area (Å²) in [6.07, 6.45) is 0. The normalized spacial score (nSPS) is 14.7. The molecule has 0 N–H and O–H groups in total. The number of thioether (sulfide) groups is 2. The standard InChI is InChI=1S/C20H24O6S3/c1-14-12-16(5-7-17(14)25-9-8-23-2)29(21,22)26-18-6-4-15(13-19(18)24-3)20-27-10-11-28-20/h4-7,12-13,20H,8-11H2,1-3H3. The van der Waals surface area contributed by atoms with E-state index in [-0.39, 0.29) is 10.6 Å². The fourth-order valence-corrected chi connectivity index (χ4v) is 6.66. The van der Waals surface area contributed by atoms with E-state index in [2.05, 4.69) is 0 Å². The van der Waals surface area contributed by atoms with Crippen LogP contribution < -0.4 is 13.7 Å². The van der Waals surface area contributed by atoms with Crippen molar-refractivity contribution >= 4 is 33.6 Å². The van der Waals surface area contributed by atoms with Crippen molar-refractivity contribution in [2.75, 3.05) is 38.9 Å². The Bertz CT molecular complexity index is 939. The Labute approximate surface area is 180 Å². The van der Waals surface area contributed by atoms with Crippen molar-refractivity contribution in [3.63, 3.8) is 0 Å². The van der Waals surface area contributed by atoms with Gasteiger partial charge in [0.15, 0.2) is 11.5 Å². The van der Waals surface area contributed by atoms with E-state index >= 15 is 0 Å². The van der Waals surface area contributed by atoms with E-state index in [0.717, 1.165) is 17.1 Å². The van der Waals surface area contributed by atoms with Gasteiger partial charge < -0.3 is 18.4 Å². The van der Waals surface area contributed by atoms with Gasteiger partial charge in [0.1, 0.15) is 17.3 Å². The second kappa shape index (κ2) is 9.97. The van der Waals surface area contributed by atoms with E-state index in [1.165, 1.54) is 19.2 Å². The highest BCUT2D eigenvalue weighted by Gasteiger charge is 2.23. The maximum atomic E-state index is 12.8. The monoisotopic (exact) mass is 456 g/mol. The van der Waals surface area contributed by atoms with Gasteiger partial charge >= 0.3 is 10.1 Å². The number of rotatable bonds is 9. The molecule has 3 rings (SSSR count). The van der Waals surface area contributed by atoms with Crippen LogP contribution in [0.3, 0.4) is 0 Å². The molecule has 2 aromatic carbocycles. The summed E-state index contributed by atoms with van der Waals surface area (Å²) in [5.41, 5.74) is 1.79. The van der Waals surface area contributed by atoms with Gasteiger partial charge in [0.05, 0.1) is 18.3 Å². The smallest absolute Gasteiger partial charge is 0.339 e. The average Bonchev–Trinajstić information content (AvgIpc) is 3.24. The number of aryl methyl sites for hydroxylation is 1. The molecule has 0 aliphatic carbocycles. The topological polar surface area (TPSA) is 71.1 Å². The minimum Gasteiger partial charge on any atom is -0.493 e. The molecule has 0 radical (unpaired) electrons. The van der Waals surface area contributed by atoms with E-state index in [9.17, 15) is 8.42 Å². The van der Waals surface area contributed by atoms with E-state index in [4.69, 9.17) is 18.4 Å². The first-order chi connectivity index (χ1) is 13.9. The van der Waals surface area contributed by atoms with E-state index < -0.39 is 10.1 Å². The number of hydrogen-bond donors (Lipinski definition) is 0. The lowest BCUT2D eigenvalue weighted by atomic mass is 10.2. The number of benzene rings is 2. The fourth-order valence-electron chi connectivity index (χ4n) is 2.79. The second-order valence-corrected chi connectivity index (χ2v) is 10.6. The Morgan fingerprint density at radius 3 is 2.34 bits per heavy atom. The third-order valence-corrected chi connectivity index (χ3v) is 8.60. The molecule has 0 bridgehead atoms. The van der Waals surface area contributed by atoms with Crippen molar-refractivity contribution in [1.29, 1.82) is 0 Å². The Hall–Kier alpha value is -1.55. The van der Waals surface area contributed by atoms with Crippen molar-refractivity contribution in [3.05, 3.63) is 47.5 Å². The van der Waals surface area contributed by atoms with E-state index in [1.807, 2.05) is 35.7 Å². The van der Waals surface area contributed by atoms with Gasteiger partial charge in [-0.15, -0.1) is 23.5 Å². The zero-order chi connectivity index (χ0) is 20.9. The van der Waals surface area contributed by atoms with Crippen LogP contribution in [0.25, 0.3) is 0 Å². The summed E-state index contributed by atoms with van der Waals surface area (Å²) in [5, 5.41) is 0. The number of ether oxygens (including phenoxy) is 3. The summed E-state index contributed by atoms with van der Waals surface area (Å²) in [5.74, 6) is 3.39. The third-order valence-electron chi connectivity index (χ3n) is 4.26. The van der Waals surface area contributed by atoms with Crippen LogP contribution in [0.5, 0.6) is 17.2 Å². The van der Waals surface area contributed by atoms with E-state index in [0.29, 0.717) is 34.9 Å². The first-order valence-electron chi connectivity index (χ1n) is 9.02. The van der Waals surface area contributed by atoms with Gasteiger partial charge in [-0.2, -0.15) is 8.42 Å². The Kier molecular flexibility index (Phi) is 7.61. The van der Waals surface area contributed by atoms with Crippen LogP contribution in [0.4, 0.5) is 0 Å². The highest BCUT2D eigenvalue weighted by atomic mass is 32.2. The van der Waals surface area contributed by atoms with Crippen molar-refractivity contribution in [1.82, 2.24) is 0 Å². The zero-order valence-corrected chi connectivity index (χ0v) is 19.0. The molecule has 29 heavy (non-hydrogen) atoms. The van der Waals surface area contributed by atoms with Crippen LogP contribution >= 0.6 is 23.5 Å². The minimum atomic E-state index is -4.01. The summed E-state index contributed by atoms with van der Waals surface area (Å²) < 4.78 is 47.2. The predicted molar refractivity (Wildman–Crippen MR) is 117 cm³/mol. The van der Waals surface area contributed by atoms with Crippen LogP contribution in [0.1, 0.15) is 15.7 Å². The van der Waals surface area contributed by atoms with Crippen molar-refractivity contribution in [3.8, 4) is 17.2 Å². The summed E-state index contributed by atoms with van der Waals surface area (Å²) >= 11 is 3.74. The molecule has 0 spiro atoms. The fraction of sp³-hybridized carbons (Fsp3) is 0.400. The lowest BCUT2D eigenvalue weighted by Crippen LogP contribution is -2.11. The van der Waals surface area contributed by atoms with Crippen LogP contribution in [-0.4, -0.2) is 47.4 Å². The molecule has 1 heterocycles. The average molecular weight is 457 g/mol. The van der Waals surface area contributed by atoms with E-state index in [1.54, 1.807) is 26.2 Å². The van der Waals surface area contributed by atoms with Crippen LogP contribution in [-0.2, 0) is 14.9 Å². The molecule has 0 unspecified atom stereocenters. The molecular weight excluding hydrogens is 432 g/mol. The SMILES string of the molecule is COCCOc1ccc(S(=O)(=O)Oc2ccc(C3SCCS3)cc2OC)cc1C. The number of methoxy groups -OCH3 is 2. The molecule has 0 aromatic heterocycles. The Balaban J connectivity index is 1.79. The van der Waals surface area contributed by atoms with Crippen LogP contribution in [0, 0.1) is 6.92 Å². The molecule has 1 aliphatic rings. The molecule has 1 fully saturated rings. The Morgan fingerprint density at radius 2 is 1.69 bits per heavy atom. The minimum absolute atomic E-state index is 0.0575. The quantitative estimate of drug-likeness (QED) is 0.409. The van der Waals surface area contributed by atoms with Gasteiger partial charge in [0, 0.05) is 18.6 Å². The van der Waals surface area contributed by atoms with Gasteiger partial charge in [0.25, 0.3) is 0 Å². The molecule has 6 nitrogen and oxygen atoms in total. The third kappa shape index (κ3) is 5.53. The highest BCUT2D eigenvalue weighted by Crippen LogP contribution is 2.47. The van der Waals surface area contributed by atoms with Gasteiger partial charge in [-0.25, -0.2) is 0 Å². The van der Waals surface area contributed by atoms with Gasteiger partial charge in [-0.1, -0.05) is 6.07 Å². The second-order valence-electron chi connectivity index (χ2n) is 6.29. The molecular formula is C20H24O6S3. The number of hydrogen-bond acceptors (Lipinski definition) is 8. The Morgan fingerprint density at radius 1 is 0.966 bits per heavy atom. The molecule has 0 atom stereocenters. The summed E-state index contributed by atoms with van der Waals surface area (Å²) in [6, 6.07) is 10.0. The first kappa shape index (κ1) is 22.1. The highest BCUT2D eigenvalue weighted by molar-refractivity contribution is 8.19. The van der Waals surface area contributed by atoms with Crippen LogP contribution in [0.15, 0.2) is 41.3 Å². The lowest BCUT2D eigenvalue weighted by molar-refractivity contribution is 0.146. The first-order valence-corrected chi connectivity index (χ1v) is 12.5. The molecule has 2 aromatic rings. The zero-order valence-electron chi connectivity index (χ0n) is 16.5. The molecule has 0 amide bonds.